The van der Waals surface area contributed by atoms with Crippen LogP contribution in [0.25, 0.3) is 0 Å². The van der Waals surface area contributed by atoms with Gasteiger partial charge in [0.1, 0.15) is 12.2 Å². The lowest BCUT2D eigenvalue weighted by Crippen LogP contribution is -2.53. The minimum absolute atomic E-state index is 0.346. The zero-order valence-corrected chi connectivity index (χ0v) is 35.0. The van der Waals surface area contributed by atoms with Gasteiger partial charge in [0.2, 0.25) is 5.91 Å². The third-order valence-corrected chi connectivity index (χ3v) is 10.6. The van der Waals surface area contributed by atoms with E-state index in [9.17, 15) is 25.2 Å². The van der Waals surface area contributed by atoms with Gasteiger partial charge in [-0.3, -0.25) is 4.79 Å². The van der Waals surface area contributed by atoms with Crippen molar-refractivity contribution in [2.45, 2.75) is 250 Å². The molecule has 0 heterocycles. The number of carbonyl (C=O) groups is 1. The van der Waals surface area contributed by atoms with Crippen molar-refractivity contribution in [1.29, 1.82) is 0 Å². The second-order valence-corrected chi connectivity index (χ2v) is 15.7. The fourth-order valence-corrected chi connectivity index (χ4v) is 6.89. The van der Waals surface area contributed by atoms with Crippen LogP contribution in [0.3, 0.4) is 0 Å². The number of carbonyl (C=O) groups excluding carboxylic acids is 1. The van der Waals surface area contributed by atoms with Crippen LogP contribution in [0.5, 0.6) is 0 Å². The molecule has 0 saturated carbocycles. The summed E-state index contributed by atoms with van der Waals surface area (Å²) < 4.78 is 0. The predicted molar refractivity (Wildman–Crippen MR) is 228 cm³/mol. The lowest BCUT2D eigenvalue weighted by Gasteiger charge is -2.27. The highest BCUT2D eigenvalue weighted by Crippen LogP contribution is 2.15. The topological polar surface area (TPSA) is 110 Å². The third-order valence-electron chi connectivity index (χ3n) is 10.6. The average molecular weight is 748 g/mol. The van der Waals surface area contributed by atoms with Gasteiger partial charge in [0, 0.05) is 0 Å². The van der Waals surface area contributed by atoms with Crippen LogP contribution in [0.1, 0.15) is 226 Å². The molecular formula is C47H89NO5. The van der Waals surface area contributed by atoms with Gasteiger partial charge in [-0.05, 0) is 77.0 Å². The molecule has 4 atom stereocenters. The number of aliphatic hydroxyl groups excluding tert-OH is 4. The second kappa shape index (κ2) is 41.7. The van der Waals surface area contributed by atoms with Gasteiger partial charge in [-0.15, -0.1) is 0 Å². The fraction of sp³-hybridized carbons (Fsp3) is 0.851. The molecule has 0 fully saturated rings. The molecule has 0 aliphatic rings. The van der Waals surface area contributed by atoms with E-state index in [4.69, 9.17) is 0 Å². The largest absolute Gasteiger partial charge is 0.394 e. The standard InChI is InChI=1S/C47H89NO5/c1-3-5-7-9-11-13-15-17-19-20-21-22-23-24-25-27-28-30-32-34-36-38-40-44(50)46(52)43(42-49)48-47(53)45(51)41-39-37-35-33-31-29-26-18-16-14-12-10-8-6-4-2/h25-27,29,32,34,43-46,49-52H,3-24,28,30-31,33,35-42H2,1-2H3,(H,48,53)/b27-25+,29-26-,34-32+. The monoisotopic (exact) mass is 748 g/mol. The van der Waals surface area contributed by atoms with Gasteiger partial charge in [0.25, 0.3) is 0 Å². The summed E-state index contributed by atoms with van der Waals surface area (Å²) in [6.45, 7) is 4.03. The molecule has 53 heavy (non-hydrogen) atoms. The summed E-state index contributed by atoms with van der Waals surface area (Å²) in [7, 11) is 0. The highest BCUT2D eigenvalue weighted by Gasteiger charge is 2.28. The number of unbranched alkanes of at least 4 members (excludes halogenated alkanes) is 26. The van der Waals surface area contributed by atoms with Crippen LogP contribution in [-0.4, -0.2) is 57.3 Å². The zero-order valence-electron chi connectivity index (χ0n) is 35.0. The molecule has 312 valence electrons. The average Bonchev–Trinajstić information content (AvgIpc) is 3.16. The molecule has 6 heteroatoms. The normalized spacial score (nSPS) is 14.5. The Bertz CT molecular complexity index is 843. The van der Waals surface area contributed by atoms with Crippen molar-refractivity contribution in [3.05, 3.63) is 36.5 Å². The van der Waals surface area contributed by atoms with Crippen molar-refractivity contribution >= 4 is 5.91 Å². The number of nitrogens with one attached hydrogen (secondary N) is 1. The summed E-state index contributed by atoms with van der Waals surface area (Å²) in [4.78, 5) is 12.5. The van der Waals surface area contributed by atoms with E-state index in [2.05, 4.69) is 55.6 Å². The Hall–Kier alpha value is -1.47. The number of amides is 1. The first-order chi connectivity index (χ1) is 26.0. The Morgan fingerprint density at radius 3 is 1.19 bits per heavy atom. The van der Waals surface area contributed by atoms with Crippen molar-refractivity contribution in [2.24, 2.45) is 0 Å². The minimum Gasteiger partial charge on any atom is -0.394 e. The Morgan fingerprint density at radius 2 is 0.792 bits per heavy atom. The number of allylic oxidation sites excluding steroid dienone is 6. The first-order valence-electron chi connectivity index (χ1n) is 22.9. The Morgan fingerprint density at radius 1 is 0.453 bits per heavy atom. The second-order valence-electron chi connectivity index (χ2n) is 15.7. The van der Waals surface area contributed by atoms with Crippen LogP contribution in [0.15, 0.2) is 36.5 Å². The van der Waals surface area contributed by atoms with Gasteiger partial charge in [0.05, 0.1) is 18.8 Å². The van der Waals surface area contributed by atoms with Gasteiger partial charge in [0.15, 0.2) is 0 Å². The molecule has 5 N–H and O–H groups in total. The smallest absolute Gasteiger partial charge is 0.249 e. The molecule has 0 saturated heterocycles. The van der Waals surface area contributed by atoms with Crippen molar-refractivity contribution in [2.75, 3.05) is 6.61 Å². The number of hydrogen-bond acceptors (Lipinski definition) is 5. The van der Waals surface area contributed by atoms with Crippen LogP contribution >= 0.6 is 0 Å². The molecule has 4 unspecified atom stereocenters. The summed E-state index contributed by atoms with van der Waals surface area (Å²) in [6, 6.07) is -1.01. The van der Waals surface area contributed by atoms with Crippen LogP contribution in [0.4, 0.5) is 0 Å². The van der Waals surface area contributed by atoms with E-state index >= 15 is 0 Å². The van der Waals surface area contributed by atoms with Crippen LogP contribution in [0.2, 0.25) is 0 Å². The van der Waals surface area contributed by atoms with Gasteiger partial charge in [-0.2, -0.15) is 0 Å². The Kier molecular flexibility index (Phi) is 40.5. The zero-order chi connectivity index (χ0) is 38.9. The SMILES string of the molecule is CCCCCCCCC/C=C\CCCCCCC(O)C(=O)NC(CO)C(O)C(O)CCC/C=C/CC/C=C/CCCCCCCCCCCCCCC. The molecule has 0 radical (unpaired) electrons. The molecule has 1 amide bonds. The molecule has 0 rings (SSSR count). The summed E-state index contributed by atoms with van der Waals surface area (Å²) >= 11 is 0. The summed E-state index contributed by atoms with van der Waals surface area (Å²) in [5.41, 5.74) is 0. The molecule has 0 aromatic rings. The van der Waals surface area contributed by atoms with E-state index in [0.717, 1.165) is 51.4 Å². The number of hydrogen-bond donors (Lipinski definition) is 5. The van der Waals surface area contributed by atoms with E-state index < -0.39 is 36.9 Å². The maximum Gasteiger partial charge on any atom is 0.249 e. The molecule has 0 aromatic carbocycles. The van der Waals surface area contributed by atoms with E-state index in [0.29, 0.717) is 19.3 Å². The fourth-order valence-electron chi connectivity index (χ4n) is 6.89. The molecule has 6 nitrogen and oxygen atoms in total. The van der Waals surface area contributed by atoms with Crippen molar-refractivity contribution in [3.63, 3.8) is 0 Å². The van der Waals surface area contributed by atoms with Crippen LogP contribution in [0, 0.1) is 0 Å². The van der Waals surface area contributed by atoms with Crippen LogP contribution in [-0.2, 0) is 4.79 Å². The van der Waals surface area contributed by atoms with Crippen molar-refractivity contribution in [3.8, 4) is 0 Å². The predicted octanol–water partition coefficient (Wildman–Crippen LogP) is 12.1. The number of rotatable bonds is 41. The van der Waals surface area contributed by atoms with Crippen LogP contribution < -0.4 is 5.32 Å². The molecule has 0 aromatic heterocycles. The third kappa shape index (κ3) is 36.0. The van der Waals surface area contributed by atoms with Crippen molar-refractivity contribution in [1.82, 2.24) is 5.32 Å². The minimum atomic E-state index is -1.29. The van der Waals surface area contributed by atoms with E-state index in [1.54, 1.807) is 0 Å². The molecule has 0 spiro atoms. The van der Waals surface area contributed by atoms with Gasteiger partial charge in [-0.25, -0.2) is 0 Å². The maximum absolute atomic E-state index is 12.5. The Balaban J connectivity index is 3.80. The molecule has 0 bridgehead atoms. The summed E-state index contributed by atoms with van der Waals surface area (Å²) in [5.74, 6) is -0.607. The maximum atomic E-state index is 12.5. The number of aliphatic hydroxyl groups is 4. The van der Waals surface area contributed by atoms with E-state index in [-0.39, 0.29) is 0 Å². The molecule has 0 aliphatic carbocycles. The van der Waals surface area contributed by atoms with Gasteiger partial charge in [-0.1, -0.05) is 185 Å². The van der Waals surface area contributed by atoms with E-state index in [1.165, 1.54) is 141 Å². The lowest BCUT2D eigenvalue weighted by atomic mass is 10.00. The van der Waals surface area contributed by atoms with Crippen molar-refractivity contribution < 1.29 is 25.2 Å². The Labute approximate surface area is 328 Å². The van der Waals surface area contributed by atoms with E-state index in [1.807, 2.05) is 0 Å². The van der Waals surface area contributed by atoms with Gasteiger partial charge < -0.3 is 25.7 Å². The molecular weight excluding hydrogens is 659 g/mol. The summed E-state index contributed by atoms with van der Waals surface area (Å²) in [6.07, 6.45) is 49.0. The highest BCUT2D eigenvalue weighted by molar-refractivity contribution is 5.80. The molecule has 0 aliphatic heterocycles. The first kappa shape index (κ1) is 51.5. The summed E-state index contributed by atoms with van der Waals surface area (Å²) in [5, 5.41) is 43.6. The quantitative estimate of drug-likeness (QED) is 0.0316. The highest BCUT2D eigenvalue weighted by atomic mass is 16.3. The lowest BCUT2D eigenvalue weighted by molar-refractivity contribution is -0.132. The first-order valence-corrected chi connectivity index (χ1v) is 22.9. The van der Waals surface area contributed by atoms with Gasteiger partial charge >= 0.3 is 0 Å².